The van der Waals surface area contributed by atoms with Gasteiger partial charge in [0.05, 0.1) is 10.6 Å². The summed E-state index contributed by atoms with van der Waals surface area (Å²) in [5, 5.41) is 0. The van der Waals surface area contributed by atoms with Gasteiger partial charge in [0.25, 0.3) is 10.0 Å². The number of anilines is 1. The molecule has 5 nitrogen and oxygen atoms in total. The zero-order valence-electron chi connectivity index (χ0n) is 13.1. The van der Waals surface area contributed by atoms with Crippen molar-refractivity contribution in [2.75, 3.05) is 4.72 Å². The first-order valence-corrected chi connectivity index (χ1v) is 8.92. The standard InChI is InChI=1S/C17H20N2O3S/c1-17(2)15(18)11-12-7-6-10-14(16(12)22-17)19-23(20,21)13-8-4-3-5-9-13/h3-10,15,19H,11,18H2,1-2H3. The predicted molar refractivity (Wildman–Crippen MR) is 90.1 cm³/mol. The van der Waals surface area contributed by atoms with Gasteiger partial charge in [0, 0.05) is 6.04 Å². The fraction of sp³-hybridized carbons (Fsp3) is 0.294. The molecular weight excluding hydrogens is 312 g/mol. The molecule has 2 aromatic carbocycles. The van der Waals surface area contributed by atoms with Crippen LogP contribution in [0.2, 0.25) is 0 Å². The number of hydrogen-bond acceptors (Lipinski definition) is 4. The second-order valence-electron chi connectivity index (χ2n) is 6.23. The topological polar surface area (TPSA) is 81.4 Å². The van der Waals surface area contributed by atoms with Crippen LogP contribution in [-0.2, 0) is 16.4 Å². The predicted octanol–water partition coefficient (Wildman–Crippen LogP) is 2.53. The van der Waals surface area contributed by atoms with Gasteiger partial charge in [-0.1, -0.05) is 30.3 Å². The Morgan fingerprint density at radius 1 is 1.13 bits per heavy atom. The van der Waals surface area contributed by atoms with Crippen molar-refractivity contribution >= 4 is 15.7 Å². The summed E-state index contributed by atoms with van der Waals surface area (Å²) < 4.78 is 33.7. The van der Waals surface area contributed by atoms with Crippen molar-refractivity contribution in [1.29, 1.82) is 0 Å². The number of nitrogens with two attached hydrogens (primary N) is 1. The molecule has 1 aliphatic heterocycles. The summed E-state index contributed by atoms with van der Waals surface area (Å²) in [6.45, 7) is 3.81. The second kappa shape index (κ2) is 5.54. The van der Waals surface area contributed by atoms with E-state index in [1.165, 1.54) is 0 Å². The van der Waals surface area contributed by atoms with Crippen molar-refractivity contribution < 1.29 is 13.2 Å². The van der Waals surface area contributed by atoms with Gasteiger partial charge in [-0.3, -0.25) is 4.72 Å². The number of benzene rings is 2. The fourth-order valence-electron chi connectivity index (χ4n) is 2.57. The Hall–Kier alpha value is -2.05. The molecular formula is C17H20N2O3S. The Labute approximate surface area is 136 Å². The van der Waals surface area contributed by atoms with Gasteiger partial charge < -0.3 is 10.5 Å². The summed E-state index contributed by atoms with van der Waals surface area (Å²) in [6.07, 6.45) is 0.642. The van der Waals surface area contributed by atoms with Crippen LogP contribution in [0.25, 0.3) is 0 Å². The second-order valence-corrected chi connectivity index (χ2v) is 7.91. The SMILES string of the molecule is CC1(C)Oc2c(cccc2NS(=O)(=O)c2ccccc2)CC1N. The van der Waals surface area contributed by atoms with E-state index in [-0.39, 0.29) is 10.9 Å². The number of fused-ring (bicyclic) bond motifs is 1. The number of ether oxygens (including phenoxy) is 1. The van der Waals surface area contributed by atoms with Crippen molar-refractivity contribution in [2.45, 2.75) is 36.8 Å². The molecule has 1 unspecified atom stereocenters. The van der Waals surface area contributed by atoms with Gasteiger partial charge in [-0.15, -0.1) is 0 Å². The minimum absolute atomic E-state index is 0.143. The molecule has 2 aromatic rings. The molecule has 3 rings (SSSR count). The maximum atomic E-state index is 12.5. The van der Waals surface area contributed by atoms with Gasteiger partial charge in [-0.05, 0) is 44.0 Å². The van der Waals surface area contributed by atoms with Crippen LogP contribution in [0.15, 0.2) is 53.4 Å². The van der Waals surface area contributed by atoms with Crippen LogP contribution in [-0.4, -0.2) is 20.1 Å². The zero-order chi connectivity index (χ0) is 16.7. The first-order valence-electron chi connectivity index (χ1n) is 7.44. The van der Waals surface area contributed by atoms with E-state index >= 15 is 0 Å². The molecule has 23 heavy (non-hydrogen) atoms. The van der Waals surface area contributed by atoms with Gasteiger partial charge in [0.1, 0.15) is 11.4 Å². The average molecular weight is 332 g/mol. The van der Waals surface area contributed by atoms with Crippen molar-refractivity contribution in [2.24, 2.45) is 5.73 Å². The van der Waals surface area contributed by atoms with E-state index in [9.17, 15) is 8.42 Å². The average Bonchev–Trinajstić information content (AvgIpc) is 2.50. The highest BCUT2D eigenvalue weighted by atomic mass is 32.2. The maximum Gasteiger partial charge on any atom is 0.262 e. The van der Waals surface area contributed by atoms with E-state index < -0.39 is 15.6 Å². The molecule has 1 aliphatic rings. The molecule has 0 fully saturated rings. The fourth-order valence-corrected chi connectivity index (χ4v) is 3.65. The highest BCUT2D eigenvalue weighted by molar-refractivity contribution is 7.92. The summed E-state index contributed by atoms with van der Waals surface area (Å²) in [5.41, 5.74) is 6.92. The Balaban J connectivity index is 1.99. The number of nitrogens with one attached hydrogen (secondary N) is 1. The molecule has 0 aromatic heterocycles. The molecule has 0 amide bonds. The third-order valence-electron chi connectivity index (χ3n) is 4.09. The summed E-state index contributed by atoms with van der Waals surface area (Å²) in [5.74, 6) is 0.554. The Bertz CT molecular complexity index is 817. The third-order valence-corrected chi connectivity index (χ3v) is 5.47. The molecule has 0 saturated carbocycles. The molecule has 3 N–H and O–H groups in total. The number of para-hydroxylation sites is 1. The highest BCUT2D eigenvalue weighted by Gasteiger charge is 2.36. The lowest BCUT2D eigenvalue weighted by Crippen LogP contribution is -2.51. The van der Waals surface area contributed by atoms with E-state index in [2.05, 4.69) is 4.72 Å². The van der Waals surface area contributed by atoms with Gasteiger partial charge >= 0.3 is 0 Å². The Kier molecular flexibility index (Phi) is 3.82. The smallest absolute Gasteiger partial charge is 0.262 e. The van der Waals surface area contributed by atoms with Gasteiger partial charge in [-0.25, -0.2) is 8.42 Å². The Morgan fingerprint density at radius 2 is 1.83 bits per heavy atom. The molecule has 0 saturated heterocycles. The minimum Gasteiger partial charge on any atom is -0.484 e. The molecule has 0 spiro atoms. The van der Waals surface area contributed by atoms with Crippen molar-refractivity contribution in [1.82, 2.24) is 0 Å². The molecule has 0 aliphatic carbocycles. The molecule has 6 heteroatoms. The number of rotatable bonds is 3. The lowest BCUT2D eigenvalue weighted by molar-refractivity contribution is 0.0650. The van der Waals surface area contributed by atoms with E-state index in [1.807, 2.05) is 19.9 Å². The Morgan fingerprint density at radius 3 is 2.52 bits per heavy atom. The maximum absolute atomic E-state index is 12.5. The van der Waals surface area contributed by atoms with Crippen molar-refractivity contribution in [3.8, 4) is 5.75 Å². The lowest BCUT2D eigenvalue weighted by atomic mass is 9.89. The van der Waals surface area contributed by atoms with Gasteiger partial charge in [-0.2, -0.15) is 0 Å². The molecule has 122 valence electrons. The van der Waals surface area contributed by atoms with Gasteiger partial charge in [0.15, 0.2) is 0 Å². The summed E-state index contributed by atoms with van der Waals surface area (Å²) in [6, 6.07) is 13.5. The van der Waals surface area contributed by atoms with Crippen LogP contribution in [0.4, 0.5) is 5.69 Å². The van der Waals surface area contributed by atoms with E-state index in [1.54, 1.807) is 42.5 Å². The molecule has 0 radical (unpaired) electrons. The molecule has 1 atom stereocenters. The van der Waals surface area contributed by atoms with Crippen LogP contribution in [0.5, 0.6) is 5.75 Å². The van der Waals surface area contributed by atoms with Crippen molar-refractivity contribution in [3.05, 3.63) is 54.1 Å². The first-order chi connectivity index (χ1) is 10.8. The molecule has 0 bridgehead atoms. The van der Waals surface area contributed by atoms with Crippen LogP contribution in [0, 0.1) is 0 Å². The highest BCUT2D eigenvalue weighted by Crippen LogP contribution is 2.39. The summed E-state index contributed by atoms with van der Waals surface area (Å²) in [4.78, 5) is 0.212. The van der Waals surface area contributed by atoms with Crippen LogP contribution in [0.3, 0.4) is 0 Å². The van der Waals surface area contributed by atoms with Crippen LogP contribution >= 0.6 is 0 Å². The van der Waals surface area contributed by atoms with Gasteiger partial charge in [0.2, 0.25) is 0 Å². The van der Waals surface area contributed by atoms with E-state index in [4.69, 9.17) is 10.5 Å². The normalized spacial score (nSPS) is 19.5. The monoisotopic (exact) mass is 332 g/mol. The number of sulfonamides is 1. The quantitative estimate of drug-likeness (QED) is 0.905. The first kappa shape index (κ1) is 15.8. The van der Waals surface area contributed by atoms with Crippen LogP contribution in [0.1, 0.15) is 19.4 Å². The van der Waals surface area contributed by atoms with E-state index in [0.717, 1.165) is 5.56 Å². The minimum atomic E-state index is -3.66. The van der Waals surface area contributed by atoms with E-state index in [0.29, 0.717) is 17.9 Å². The number of hydrogen-bond donors (Lipinski definition) is 2. The van der Waals surface area contributed by atoms with Crippen LogP contribution < -0.4 is 15.2 Å². The lowest BCUT2D eigenvalue weighted by Gasteiger charge is -2.38. The largest absolute Gasteiger partial charge is 0.484 e. The van der Waals surface area contributed by atoms with Crippen molar-refractivity contribution in [3.63, 3.8) is 0 Å². The summed E-state index contributed by atoms with van der Waals surface area (Å²) in [7, 11) is -3.66. The third kappa shape index (κ3) is 3.04. The summed E-state index contributed by atoms with van der Waals surface area (Å²) >= 11 is 0. The molecule has 1 heterocycles. The zero-order valence-corrected chi connectivity index (χ0v) is 13.9.